The summed E-state index contributed by atoms with van der Waals surface area (Å²) in [6.07, 6.45) is 3.36. The monoisotopic (exact) mass is 307 g/mol. The molecule has 3 N–H and O–H groups in total. The smallest absolute Gasteiger partial charge is 0.236 e. The van der Waals surface area contributed by atoms with Crippen molar-refractivity contribution in [3.63, 3.8) is 0 Å². The van der Waals surface area contributed by atoms with E-state index in [2.05, 4.69) is 10.3 Å². The maximum absolute atomic E-state index is 12.2. The van der Waals surface area contributed by atoms with Gasteiger partial charge in [0.1, 0.15) is 6.26 Å². The Morgan fingerprint density at radius 1 is 1.48 bits per heavy atom. The predicted molar refractivity (Wildman–Crippen MR) is 84.0 cm³/mol. The van der Waals surface area contributed by atoms with Gasteiger partial charge in [-0.25, -0.2) is 4.98 Å². The van der Waals surface area contributed by atoms with E-state index < -0.39 is 0 Å². The fourth-order valence-corrected chi connectivity index (χ4v) is 2.83. The van der Waals surface area contributed by atoms with Crippen LogP contribution in [0.2, 0.25) is 0 Å². The molecule has 2 aromatic rings. The zero-order chi connectivity index (χ0) is 15.3. The van der Waals surface area contributed by atoms with Gasteiger partial charge in [-0.1, -0.05) is 19.9 Å². The first-order chi connectivity index (χ1) is 10.1. The second-order valence-corrected chi connectivity index (χ2v) is 5.99. The molecular weight excluding hydrogens is 286 g/mol. The van der Waals surface area contributed by atoms with E-state index in [-0.39, 0.29) is 17.9 Å². The summed E-state index contributed by atoms with van der Waals surface area (Å²) in [4.78, 5) is 17.5. The number of nitrogens with one attached hydrogen (secondary N) is 1. The lowest BCUT2D eigenvalue weighted by Gasteiger charge is -2.31. The zero-order valence-corrected chi connectivity index (χ0v) is 13.2. The van der Waals surface area contributed by atoms with Crippen molar-refractivity contribution >= 4 is 17.2 Å². The zero-order valence-electron chi connectivity index (χ0n) is 12.4. The Kier molecular flexibility index (Phi) is 5.14. The molecule has 0 spiro atoms. The van der Waals surface area contributed by atoms with Crippen molar-refractivity contribution in [3.8, 4) is 10.8 Å². The van der Waals surface area contributed by atoms with Gasteiger partial charge in [0.15, 0.2) is 0 Å². The van der Waals surface area contributed by atoms with Crippen molar-refractivity contribution in [1.29, 1.82) is 0 Å². The average Bonchev–Trinajstić information content (AvgIpc) is 3.15. The van der Waals surface area contributed by atoms with Gasteiger partial charge in [0.2, 0.25) is 11.8 Å². The van der Waals surface area contributed by atoms with Gasteiger partial charge < -0.3 is 15.5 Å². The van der Waals surface area contributed by atoms with Crippen molar-refractivity contribution in [2.24, 2.45) is 5.73 Å². The van der Waals surface area contributed by atoms with E-state index in [4.69, 9.17) is 10.2 Å². The van der Waals surface area contributed by atoms with E-state index in [9.17, 15) is 4.79 Å². The third kappa shape index (κ3) is 3.71. The number of nitrogens with two attached hydrogens (primary N) is 1. The summed E-state index contributed by atoms with van der Waals surface area (Å²) in [5, 5.41) is 4.99. The van der Waals surface area contributed by atoms with E-state index in [0.717, 1.165) is 17.7 Å². The summed E-state index contributed by atoms with van der Waals surface area (Å²) in [6, 6.07) is 3.88. The van der Waals surface area contributed by atoms with Gasteiger partial charge in [-0.05, 0) is 24.3 Å². The van der Waals surface area contributed by atoms with Crippen LogP contribution in [0.1, 0.15) is 32.4 Å². The average molecular weight is 307 g/mol. The number of carbonyl (C=O) groups excluding carboxylic acids is 1. The van der Waals surface area contributed by atoms with Crippen LogP contribution in [-0.2, 0) is 11.2 Å². The van der Waals surface area contributed by atoms with E-state index in [0.29, 0.717) is 18.1 Å². The number of oxazole rings is 1. The third-order valence-electron chi connectivity index (χ3n) is 3.77. The van der Waals surface area contributed by atoms with Crippen LogP contribution in [0.25, 0.3) is 10.8 Å². The molecule has 2 aromatic heterocycles. The maximum Gasteiger partial charge on any atom is 0.236 e. The van der Waals surface area contributed by atoms with Gasteiger partial charge in [-0.15, -0.1) is 11.3 Å². The highest BCUT2D eigenvalue weighted by Gasteiger charge is 2.26. The van der Waals surface area contributed by atoms with Crippen LogP contribution >= 0.6 is 11.3 Å². The van der Waals surface area contributed by atoms with Crippen LogP contribution in [0.5, 0.6) is 0 Å². The predicted octanol–water partition coefficient (Wildman–Crippen LogP) is 2.58. The first-order valence-corrected chi connectivity index (χ1v) is 7.99. The minimum atomic E-state index is -0.322. The number of aromatic nitrogens is 1. The van der Waals surface area contributed by atoms with E-state index in [1.165, 1.54) is 6.26 Å². The Morgan fingerprint density at radius 3 is 2.81 bits per heavy atom. The maximum atomic E-state index is 12.2. The van der Waals surface area contributed by atoms with Crippen LogP contribution in [0.15, 0.2) is 28.2 Å². The molecule has 2 rings (SSSR count). The van der Waals surface area contributed by atoms with Crippen molar-refractivity contribution in [2.75, 3.05) is 6.54 Å². The third-order valence-corrected chi connectivity index (χ3v) is 4.63. The van der Waals surface area contributed by atoms with E-state index >= 15 is 0 Å². The minimum Gasteiger partial charge on any atom is -0.444 e. The molecule has 1 amide bonds. The van der Waals surface area contributed by atoms with Gasteiger partial charge in [-0.2, -0.15) is 0 Å². The van der Waals surface area contributed by atoms with Crippen LogP contribution in [-0.4, -0.2) is 23.0 Å². The van der Waals surface area contributed by atoms with E-state index in [1.54, 1.807) is 11.3 Å². The standard InChI is InChI=1S/C15H21N3O2S/c1-3-15(4-2,10-16)18-13(19)8-11-9-20-14(17-11)12-6-5-7-21-12/h5-7,9H,3-4,8,10,16H2,1-2H3,(H,18,19). The Bertz CT molecular complexity index is 565. The number of thiophene rings is 1. The molecule has 0 unspecified atom stereocenters. The Balaban J connectivity index is 2.00. The molecule has 0 saturated carbocycles. The first kappa shape index (κ1) is 15.7. The van der Waals surface area contributed by atoms with Gasteiger partial charge in [0, 0.05) is 6.54 Å². The Hall–Kier alpha value is -1.66. The summed E-state index contributed by atoms with van der Waals surface area (Å²) >= 11 is 1.56. The number of hydrogen-bond acceptors (Lipinski definition) is 5. The van der Waals surface area contributed by atoms with Crippen molar-refractivity contribution in [3.05, 3.63) is 29.5 Å². The highest BCUT2D eigenvalue weighted by Crippen LogP contribution is 2.23. The molecule has 0 bridgehead atoms. The lowest BCUT2D eigenvalue weighted by atomic mass is 9.92. The molecule has 2 heterocycles. The van der Waals surface area contributed by atoms with Crippen LogP contribution in [0.4, 0.5) is 0 Å². The summed E-state index contributed by atoms with van der Waals surface area (Å²) in [6.45, 7) is 4.49. The number of nitrogens with zero attached hydrogens (tertiary/aromatic N) is 1. The molecule has 0 fully saturated rings. The van der Waals surface area contributed by atoms with Crippen molar-refractivity contribution < 1.29 is 9.21 Å². The molecule has 0 aromatic carbocycles. The molecule has 0 aliphatic carbocycles. The van der Waals surface area contributed by atoms with Gasteiger partial charge in [-0.3, -0.25) is 4.79 Å². The molecule has 21 heavy (non-hydrogen) atoms. The summed E-state index contributed by atoms with van der Waals surface area (Å²) < 4.78 is 5.41. The van der Waals surface area contributed by atoms with Crippen molar-refractivity contribution in [1.82, 2.24) is 10.3 Å². The molecule has 0 aliphatic rings. The number of hydrogen-bond donors (Lipinski definition) is 2. The minimum absolute atomic E-state index is 0.0739. The first-order valence-electron chi connectivity index (χ1n) is 7.12. The second-order valence-electron chi connectivity index (χ2n) is 5.04. The second kappa shape index (κ2) is 6.87. The van der Waals surface area contributed by atoms with Crippen LogP contribution in [0, 0.1) is 0 Å². The molecule has 6 heteroatoms. The topological polar surface area (TPSA) is 81.1 Å². The lowest BCUT2D eigenvalue weighted by Crippen LogP contribution is -2.53. The van der Waals surface area contributed by atoms with Gasteiger partial charge >= 0.3 is 0 Å². The largest absolute Gasteiger partial charge is 0.444 e. The fraction of sp³-hybridized carbons (Fsp3) is 0.467. The van der Waals surface area contributed by atoms with E-state index in [1.807, 2.05) is 31.4 Å². The molecular formula is C15H21N3O2S. The molecule has 5 nitrogen and oxygen atoms in total. The summed E-state index contributed by atoms with van der Waals surface area (Å²) in [7, 11) is 0. The summed E-state index contributed by atoms with van der Waals surface area (Å²) in [5.41, 5.74) is 6.10. The SMILES string of the molecule is CCC(CC)(CN)NC(=O)Cc1coc(-c2cccs2)n1. The van der Waals surface area contributed by atoms with Crippen molar-refractivity contribution in [2.45, 2.75) is 38.6 Å². The molecule has 0 atom stereocenters. The van der Waals surface area contributed by atoms with Gasteiger partial charge in [0.05, 0.1) is 22.5 Å². The highest BCUT2D eigenvalue weighted by molar-refractivity contribution is 7.13. The highest BCUT2D eigenvalue weighted by atomic mass is 32.1. The fourth-order valence-electron chi connectivity index (χ4n) is 2.17. The quantitative estimate of drug-likeness (QED) is 0.824. The molecule has 0 aliphatic heterocycles. The number of amides is 1. The number of rotatable bonds is 7. The molecule has 0 saturated heterocycles. The lowest BCUT2D eigenvalue weighted by molar-refractivity contribution is -0.122. The molecule has 0 radical (unpaired) electrons. The Morgan fingerprint density at radius 2 is 2.24 bits per heavy atom. The molecule has 114 valence electrons. The summed E-state index contributed by atoms with van der Waals surface area (Å²) in [5.74, 6) is 0.485. The van der Waals surface area contributed by atoms with Gasteiger partial charge in [0.25, 0.3) is 0 Å². The normalized spacial score (nSPS) is 11.6. The Labute approximate surface area is 128 Å². The number of carbonyl (C=O) groups is 1. The van der Waals surface area contributed by atoms with Crippen LogP contribution in [0.3, 0.4) is 0 Å². The van der Waals surface area contributed by atoms with Crippen LogP contribution < -0.4 is 11.1 Å².